The number of nitrogens with zero attached hydrogens (tertiary/aromatic N) is 1. The van der Waals surface area contributed by atoms with Crippen molar-refractivity contribution in [3.8, 4) is 0 Å². The summed E-state index contributed by atoms with van der Waals surface area (Å²) in [6, 6.07) is 1.66. The number of carbonyl (C=O) groups excluding carboxylic acids is 1. The van der Waals surface area contributed by atoms with Crippen molar-refractivity contribution < 1.29 is 14.7 Å². The first-order valence-electron chi connectivity index (χ1n) is 3.89. The summed E-state index contributed by atoms with van der Waals surface area (Å²) >= 11 is 0. The summed E-state index contributed by atoms with van der Waals surface area (Å²) < 4.78 is 1.64. The summed E-state index contributed by atoms with van der Waals surface area (Å²) in [6.45, 7) is 1.43. The molecule has 0 bridgehead atoms. The minimum atomic E-state index is -0.922. The SMILES string of the molecule is CC(=O)c1c(CC(=O)O)ccn1C. The molecule has 0 aromatic carbocycles. The Morgan fingerprint density at radius 3 is 2.62 bits per heavy atom. The molecule has 0 aliphatic heterocycles. The van der Waals surface area contributed by atoms with Crippen molar-refractivity contribution in [3.63, 3.8) is 0 Å². The molecule has 0 atom stereocenters. The van der Waals surface area contributed by atoms with E-state index in [9.17, 15) is 9.59 Å². The van der Waals surface area contributed by atoms with Crippen molar-refractivity contribution in [2.45, 2.75) is 13.3 Å². The van der Waals surface area contributed by atoms with Gasteiger partial charge < -0.3 is 9.67 Å². The molecule has 1 heterocycles. The van der Waals surface area contributed by atoms with Crippen LogP contribution in [0.4, 0.5) is 0 Å². The van der Waals surface area contributed by atoms with E-state index in [0.717, 1.165) is 0 Å². The highest BCUT2D eigenvalue weighted by Crippen LogP contribution is 2.11. The Hall–Kier alpha value is -1.58. The Morgan fingerprint density at radius 2 is 2.15 bits per heavy atom. The van der Waals surface area contributed by atoms with Gasteiger partial charge in [0.25, 0.3) is 0 Å². The zero-order valence-electron chi connectivity index (χ0n) is 7.57. The predicted molar refractivity (Wildman–Crippen MR) is 46.8 cm³/mol. The van der Waals surface area contributed by atoms with Crippen molar-refractivity contribution >= 4 is 11.8 Å². The second-order valence-corrected chi connectivity index (χ2v) is 2.93. The molecule has 1 N–H and O–H groups in total. The molecule has 0 saturated heterocycles. The zero-order valence-corrected chi connectivity index (χ0v) is 7.57. The summed E-state index contributed by atoms with van der Waals surface area (Å²) in [6.07, 6.45) is 1.59. The third-order valence-corrected chi connectivity index (χ3v) is 1.83. The van der Waals surface area contributed by atoms with Gasteiger partial charge in [-0.25, -0.2) is 0 Å². The minimum Gasteiger partial charge on any atom is -0.481 e. The Labute approximate surface area is 75.8 Å². The van der Waals surface area contributed by atoms with E-state index in [4.69, 9.17) is 5.11 Å². The Balaban J connectivity index is 3.07. The van der Waals surface area contributed by atoms with Crippen LogP contribution in [-0.2, 0) is 18.3 Å². The molecule has 0 unspecified atom stereocenters. The maximum absolute atomic E-state index is 11.1. The van der Waals surface area contributed by atoms with E-state index in [-0.39, 0.29) is 12.2 Å². The van der Waals surface area contributed by atoms with E-state index >= 15 is 0 Å². The quantitative estimate of drug-likeness (QED) is 0.703. The molecule has 1 aromatic heterocycles. The summed E-state index contributed by atoms with van der Waals surface area (Å²) in [5, 5.41) is 8.56. The van der Waals surface area contributed by atoms with Crippen LogP contribution in [0.5, 0.6) is 0 Å². The molecular weight excluding hydrogens is 170 g/mol. The molecule has 0 saturated carbocycles. The second-order valence-electron chi connectivity index (χ2n) is 2.93. The van der Waals surface area contributed by atoms with Gasteiger partial charge in [0.2, 0.25) is 0 Å². The van der Waals surface area contributed by atoms with Gasteiger partial charge in [-0.1, -0.05) is 0 Å². The van der Waals surface area contributed by atoms with Crippen LogP contribution in [-0.4, -0.2) is 21.4 Å². The average molecular weight is 181 g/mol. The first-order chi connectivity index (χ1) is 6.02. The van der Waals surface area contributed by atoms with E-state index in [2.05, 4.69) is 0 Å². The van der Waals surface area contributed by atoms with Crippen molar-refractivity contribution in [2.75, 3.05) is 0 Å². The van der Waals surface area contributed by atoms with E-state index in [1.54, 1.807) is 23.9 Å². The Morgan fingerprint density at radius 1 is 1.54 bits per heavy atom. The lowest BCUT2D eigenvalue weighted by atomic mass is 10.1. The lowest BCUT2D eigenvalue weighted by Crippen LogP contribution is -2.08. The standard InChI is InChI=1S/C9H11NO3/c1-6(11)9-7(5-8(12)13)3-4-10(9)2/h3-4H,5H2,1-2H3,(H,12,13). The highest BCUT2D eigenvalue weighted by Gasteiger charge is 2.13. The second kappa shape index (κ2) is 3.43. The van der Waals surface area contributed by atoms with Crippen LogP contribution in [0.3, 0.4) is 0 Å². The number of aryl methyl sites for hydroxylation is 1. The number of ketones is 1. The summed E-state index contributed by atoms with van der Waals surface area (Å²) in [5.41, 5.74) is 1.05. The normalized spacial score (nSPS) is 10.0. The molecule has 0 spiro atoms. The summed E-state index contributed by atoms with van der Waals surface area (Å²) in [4.78, 5) is 21.5. The molecule has 1 aromatic rings. The molecule has 4 heteroatoms. The van der Waals surface area contributed by atoms with Crippen molar-refractivity contribution in [3.05, 3.63) is 23.5 Å². The maximum Gasteiger partial charge on any atom is 0.307 e. The number of carbonyl (C=O) groups is 2. The largest absolute Gasteiger partial charge is 0.481 e. The van der Waals surface area contributed by atoms with Crippen molar-refractivity contribution in [1.82, 2.24) is 4.57 Å². The summed E-state index contributed by atoms with van der Waals surface area (Å²) in [7, 11) is 1.72. The number of aromatic nitrogens is 1. The van der Waals surface area contributed by atoms with Crippen LogP contribution in [0.2, 0.25) is 0 Å². The van der Waals surface area contributed by atoms with Gasteiger partial charge in [0.1, 0.15) is 0 Å². The fourth-order valence-corrected chi connectivity index (χ4v) is 1.36. The monoisotopic (exact) mass is 181 g/mol. The molecular formula is C9H11NO3. The fraction of sp³-hybridized carbons (Fsp3) is 0.333. The number of hydrogen-bond acceptors (Lipinski definition) is 2. The van der Waals surface area contributed by atoms with E-state index in [1.165, 1.54) is 6.92 Å². The van der Waals surface area contributed by atoms with E-state index in [0.29, 0.717) is 11.3 Å². The van der Waals surface area contributed by atoms with Gasteiger partial charge in [-0.15, -0.1) is 0 Å². The van der Waals surface area contributed by atoms with E-state index in [1.807, 2.05) is 0 Å². The predicted octanol–water partition coefficient (Wildman–Crippen LogP) is 0.855. The number of hydrogen-bond donors (Lipinski definition) is 1. The smallest absolute Gasteiger partial charge is 0.307 e. The third kappa shape index (κ3) is 1.96. The zero-order chi connectivity index (χ0) is 10.0. The Kier molecular flexibility index (Phi) is 2.51. The Bertz CT molecular complexity index is 352. The van der Waals surface area contributed by atoms with Gasteiger partial charge in [0.15, 0.2) is 5.78 Å². The van der Waals surface area contributed by atoms with Crippen LogP contribution >= 0.6 is 0 Å². The molecule has 70 valence electrons. The minimum absolute atomic E-state index is 0.101. The van der Waals surface area contributed by atoms with Crippen LogP contribution < -0.4 is 0 Å². The van der Waals surface area contributed by atoms with Crippen LogP contribution in [0.15, 0.2) is 12.3 Å². The lowest BCUT2D eigenvalue weighted by molar-refractivity contribution is -0.136. The topological polar surface area (TPSA) is 59.3 Å². The fourth-order valence-electron chi connectivity index (χ4n) is 1.36. The highest BCUT2D eigenvalue weighted by atomic mass is 16.4. The van der Waals surface area contributed by atoms with Crippen molar-refractivity contribution in [1.29, 1.82) is 0 Å². The van der Waals surface area contributed by atoms with E-state index < -0.39 is 5.97 Å². The number of Topliss-reactive ketones (excluding diaryl/α,β-unsaturated/α-hetero) is 1. The van der Waals surface area contributed by atoms with Gasteiger partial charge in [-0.2, -0.15) is 0 Å². The van der Waals surface area contributed by atoms with Gasteiger partial charge >= 0.3 is 5.97 Å². The molecule has 4 nitrogen and oxygen atoms in total. The lowest BCUT2D eigenvalue weighted by Gasteiger charge is -2.00. The highest BCUT2D eigenvalue weighted by molar-refractivity contribution is 5.95. The molecule has 0 radical (unpaired) electrons. The van der Waals surface area contributed by atoms with Gasteiger partial charge in [0.05, 0.1) is 12.1 Å². The van der Waals surface area contributed by atoms with Gasteiger partial charge in [-0.3, -0.25) is 9.59 Å². The first kappa shape index (κ1) is 9.51. The van der Waals surface area contributed by atoms with Gasteiger partial charge in [0, 0.05) is 20.2 Å². The maximum atomic E-state index is 11.1. The number of carboxylic acid groups (broad SMARTS) is 1. The molecule has 0 aliphatic rings. The number of aliphatic carboxylic acids is 1. The number of rotatable bonds is 3. The first-order valence-corrected chi connectivity index (χ1v) is 3.89. The summed E-state index contributed by atoms with van der Waals surface area (Å²) in [5.74, 6) is -1.03. The van der Waals surface area contributed by atoms with Crippen LogP contribution in [0, 0.1) is 0 Å². The van der Waals surface area contributed by atoms with Gasteiger partial charge in [-0.05, 0) is 11.6 Å². The van der Waals surface area contributed by atoms with Crippen LogP contribution in [0.1, 0.15) is 23.0 Å². The molecule has 0 aliphatic carbocycles. The average Bonchev–Trinajstić information content (AvgIpc) is 2.30. The molecule has 0 amide bonds. The van der Waals surface area contributed by atoms with Crippen LogP contribution in [0.25, 0.3) is 0 Å². The van der Waals surface area contributed by atoms with Crippen molar-refractivity contribution in [2.24, 2.45) is 7.05 Å². The molecule has 13 heavy (non-hydrogen) atoms. The molecule has 1 rings (SSSR count). The molecule has 0 fully saturated rings. The number of carboxylic acids is 1. The third-order valence-electron chi connectivity index (χ3n) is 1.83.